The monoisotopic (exact) mass is 451 g/mol. The molecule has 8 heteroatoms. The van der Waals surface area contributed by atoms with Crippen LogP contribution in [0.3, 0.4) is 0 Å². The minimum absolute atomic E-state index is 0.118. The average Bonchev–Trinajstić information content (AvgIpc) is 3.32. The van der Waals surface area contributed by atoms with Crippen LogP contribution in [-0.4, -0.2) is 22.8 Å². The van der Waals surface area contributed by atoms with Crippen LogP contribution >= 0.6 is 22.9 Å². The first-order valence-electron chi connectivity index (χ1n) is 9.44. The molecule has 1 aliphatic heterocycles. The van der Waals surface area contributed by atoms with E-state index < -0.39 is 5.97 Å². The third kappa shape index (κ3) is 4.28. The van der Waals surface area contributed by atoms with Crippen molar-refractivity contribution >= 4 is 57.6 Å². The van der Waals surface area contributed by atoms with Crippen LogP contribution in [0.4, 0.5) is 10.8 Å². The molecule has 0 aliphatic carbocycles. The molecular weight excluding hydrogens is 434 g/mol. The molecule has 4 rings (SSSR count). The highest BCUT2D eigenvalue weighted by Gasteiger charge is 2.26. The molecule has 2 aromatic carbocycles. The Balaban J connectivity index is 1.65. The van der Waals surface area contributed by atoms with Crippen LogP contribution in [0.1, 0.15) is 29.3 Å². The molecule has 6 nitrogen and oxygen atoms in total. The van der Waals surface area contributed by atoms with Crippen LogP contribution in [-0.2, 0) is 14.3 Å². The Kier molecular flexibility index (Phi) is 5.71. The largest absolute Gasteiger partial charge is 0.402 e. The van der Waals surface area contributed by atoms with Gasteiger partial charge in [-0.3, -0.25) is 9.69 Å². The number of benzene rings is 2. The normalized spacial score (nSPS) is 14.5. The summed E-state index contributed by atoms with van der Waals surface area (Å²) in [5, 5.41) is 2.70. The maximum Gasteiger partial charge on any atom is 0.363 e. The number of aromatic nitrogens is 1. The van der Waals surface area contributed by atoms with E-state index in [0.29, 0.717) is 21.4 Å². The summed E-state index contributed by atoms with van der Waals surface area (Å²) in [4.78, 5) is 35.0. The van der Waals surface area contributed by atoms with Gasteiger partial charge in [-0.05, 0) is 55.3 Å². The van der Waals surface area contributed by atoms with Crippen molar-refractivity contribution < 1.29 is 14.3 Å². The van der Waals surface area contributed by atoms with Crippen LogP contribution in [0.5, 0.6) is 0 Å². The molecule has 2 heterocycles. The summed E-state index contributed by atoms with van der Waals surface area (Å²) < 4.78 is 5.27. The topological polar surface area (TPSA) is 71.9 Å². The molecule has 0 saturated heterocycles. The molecule has 0 N–H and O–H groups in total. The van der Waals surface area contributed by atoms with Crippen LogP contribution in [0, 0.1) is 13.8 Å². The van der Waals surface area contributed by atoms with E-state index >= 15 is 0 Å². The molecule has 1 amide bonds. The van der Waals surface area contributed by atoms with Gasteiger partial charge < -0.3 is 4.74 Å². The zero-order chi connectivity index (χ0) is 22.1. The number of hydrogen-bond acceptors (Lipinski definition) is 6. The molecule has 0 atom stereocenters. The van der Waals surface area contributed by atoms with E-state index in [0.717, 1.165) is 16.8 Å². The van der Waals surface area contributed by atoms with Gasteiger partial charge in [0.2, 0.25) is 11.8 Å². The number of nitrogens with zero attached hydrogens (tertiary/aromatic N) is 3. The van der Waals surface area contributed by atoms with Crippen molar-refractivity contribution in [2.45, 2.75) is 20.8 Å². The van der Waals surface area contributed by atoms with E-state index in [1.807, 2.05) is 32.0 Å². The van der Waals surface area contributed by atoms with Gasteiger partial charge in [0.25, 0.3) is 0 Å². The standard InChI is InChI=1S/C23H18ClN3O3S/c1-13-8-9-17(10-14(13)2)27(15(3)28)23-25-16(12-31-23)11-20-22(29)30-21(26-20)18-6-4-5-7-19(18)24/h4-12H,1-3H3/b20-11-. The third-order valence-corrected chi connectivity index (χ3v) is 5.95. The van der Waals surface area contributed by atoms with Gasteiger partial charge >= 0.3 is 5.97 Å². The molecule has 3 aromatic rings. The third-order valence-electron chi connectivity index (χ3n) is 4.77. The highest BCUT2D eigenvalue weighted by Crippen LogP contribution is 2.31. The van der Waals surface area contributed by atoms with Crippen molar-refractivity contribution in [3.8, 4) is 0 Å². The number of carbonyl (C=O) groups excluding carboxylic acids is 2. The average molecular weight is 452 g/mol. The molecule has 1 aromatic heterocycles. The Morgan fingerprint density at radius 2 is 1.94 bits per heavy atom. The zero-order valence-corrected chi connectivity index (χ0v) is 18.6. The lowest BCUT2D eigenvalue weighted by atomic mass is 10.1. The van der Waals surface area contributed by atoms with Gasteiger partial charge in [0.1, 0.15) is 0 Å². The first-order valence-corrected chi connectivity index (χ1v) is 10.7. The number of aliphatic imine (C=N–C) groups is 1. The summed E-state index contributed by atoms with van der Waals surface area (Å²) >= 11 is 7.47. The van der Waals surface area contributed by atoms with Crippen molar-refractivity contribution in [2.75, 3.05) is 4.90 Å². The lowest BCUT2D eigenvalue weighted by Gasteiger charge is -2.19. The van der Waals surface area contributed by atoms with Gasteiger partial charge in [0.15, 0.2) is 10.8 Å². The number of esters is 1. The summed E-state index contributed by atoms with van der Waals surface area (Å²) in [6.07, 6.45) is 1.53. The molecule has 31 heavy (non-hydrogen) atoms. The number of anilines is 2. The zero-order valence-electron chi connectivity index (χ0n) is 17.0. The highest BCUT2D eigenvalue weighted by atomic mass is 35.5. The van der Waals surface area contributed by atoms with Crippen molar-refractivity contribution in [2.24, 2.45) is 4.99 Å². The molecule has 0 radical (unpaired) electrons. The van der Waals surface area contributed by atoms with E-state index in [1.54, 1.807) is 34.5 Å². The Bertz CT molecular complexity index is 1260. The number of rotatable bonds is 4. The fourth-order valence-corrected chi connectivity index (χ4v) is 4.10. The summed E-state index contributed by atoms with van der Waals surface area (Å²) in [5.41, 5.74) is 4.13. The first-order chi connectivity index (χ1) is 14.8. The number of aryl methyl sites for hydroxylation is 2. The quantitative estimate of drug-likeness (QED) is 0.391. The minimum atomic E-state index is -0.581. The molecule has 0 unspecified atom stereocenters. The molecule has 0 fully saturated rings. The summed E-state index contributed by atoms with van der Waals surface area (Å²) in [6.45, 7) is 5.50. The van der Waals surface area contributed by atoms with E-state index in [9.17, 15) is 9.59 Å². The smallest absolute Gasteiger partial charge is 0.363 e. The predicted molar refractivity (Wildman–Crippen MR) is 123 cm³/mol. The van der Waals surface area contributed by atoms with Gasteiger partial charge in [-0.1, -0.05) is 29.8 Å². The van der Waals surface area contributed by atoms with E-state index in [1.165, 1.54) is 24.3 Å². The second-order valence-corrected chi connectivity index (χ2v) is 8.24. The molecule has 0 spiro atoms. The minimum Gasteiger partial charge on any atom is -0.402 e. The van der Waals surface area contributed by atoms with E-state index in [2.05, 4.69) is 9.98 Å². The van der Waals surface area contributed by atoms with Crippen LogP contribution in [0.2, 0.25) is 5.02 Å². The fraction of sp³-hybridized carbons (Fsp3) is 0.130. The predicted octanol–water partition coefficient (Wildman–Crippen LogP) is 5.44. The number of carbonyl (C=O) groups is 2. The van der Waals surface area contributed by atoms with Crippen LogP contribution in [0.15, 0.2) is 58.5 Å². The van der Waals surface area contributed by atoms with E-state index in [4.69, 9.17) is 16.3 Å². The van der Waals surface area contributed by atoms with Gasteiger partial charge in [-0.25, -0.2) is 14.8 Å². The van der Waals surface area contributed by atoms with Crippen molar-refractivity contribution in [3.63, 3.8) is 0 Å². The number of halogens is 1. The first kappa shape index (κ1) is 21.0. The number of thiazole rings is 1. The van der Waals surface area contributed by atoms with Crippen molar-refractivity contribution in [1.29, 1.82) is 0 Å². The van der Waals surface area contributed by atoms with Gasteiger partial charge in [0.05, 0.1) is 22.0 Å². The Morgan fingerprint density at radius 1 is 1.16 bits per heavy atom. The summed E-state index contributed by atoms with van der Waals surface area (Å²) in [6, 6.07) is 12.8. The number of amides is 1. The lowest BCUT2D eigenvalue weighted by Crippen LogP contribution is -2.22. The second kappa shape index (κ2) is 8.45. The van der Waals surface area contributed by atoms with Gasteiger partial charge in [-0.2, -0.15) is 0 Å². The van der Waals surface area contributed by atoms with E-state index in [-0.39, 0.29) is 17.5 Å². The second-order valence-electron chi connectivity index (χ2n) is 6.99. The van der Waals surface area contributed by atoms with Gasteiger partial charge in [-0.15, -0.1) is 11.3 Å². The molecule has 1 aliphatic rings. The molecule has 0 bridgehead atoms. The van der Waals surface area contributed by atoms with Crippen LogP contribution in [0.25, 0.3) is 6.08 Å². The molecule has 0 saturated carbocycles. The maximum absolute atomic E-state index is 12.3. The lowest BCUT2D eigenvalue weighted by molar-refractivity contribution is -0.130. The number of cyclic esters (lactones) is 1. The SMILES string of the molecule is CC(=O)N(c1ccc(C)c(C)c1)c1nc(/C=C2\N=C(c3ccccc3Cl)OC2=O)cs1. The fourth-order valence-electron chi connectivity index (χ4n) is 3.04. The Morgan fingerprint density at radius 3 is 2.65 bits per heavy atom. The van der Waals surface area contributed by atoms with Crippen molar-refractivity contribution in [3.05, 3.63) is 80.9 Å². The van der Waals surface area contributed by atoms with Crippen molar-refractivity contribution in [1.82, 2.24) is 4.98 Å². The Labute approximate surface area is 188 Å². The maximum atomic E-state index is 12.3. The summed E-state index contributed by atoms with van der Waals surface area (Å²) in [5.74, 6) is -0.587. The van der Waals surface area contributed by atoms with Gasteiger partial charge in [0, 0.05) is 12.3 Å². The number of hydrogen-bond donors (Lipinski definition) is 0. The highest BCUT2D eigenvalue weighted by molar-refractivity contribution is 7.14. The number of ether oxygens (including phenoxy) is 1. The van der Waals surface area contributed by atoms with Crippen LogP contribution < -0.4 is 4.90 Å². The Hall–Kier alpha value is -3.29. The summed E-state index contributed by atoms with van der Waals surface area (Å²) in [7, 11) is 0. The molecule has 156 valence electrons. The molecular formula is C23H18ClN3O3S.